The summed E-state index contributed by atoms with van der Waals surface area (Å²) >= 11 is 0. The van der Waals surface area contributed by atoms with Gasteiger partial charge in [-0.2, -0.15) is 5.10 Å². The van der Waals surface area contributed by atoms with Gasteiger partial charge in [-0.25, -0.2) is 8.78 Å². The molecule has 0 radical (unpaired) electrons. The Morgan fingerprint density at radius 2 is 1.71 bits per heavy atom. The lowest BCUT2D eigenvalue weighted by Crippen LogP contribution is -2.19. The third-order valence-electron chi connectivity index (χ3n) is 2.28. The summed E-state index contributed by atoms with van der Waals surface area (Å²) in [5.74, 6) is 2.16. The van der Waals surface area contributed by atoms with Crippen molar-refractivity contribution in [3.63, 3.8) is 0 Å². The molecule has 1 aromatic rings. The summed E-state index contributed by atoms with van der Waals surface area (Å²) < 4.78 is 26.9. The maximum absolute atomic E-state index is 13.5. The van der Waals surface area contributed by atoms with E-state index in [9.17, 15) is 8.78 Å². The minimum atomic E-state index is -2.96. The van der Waals surface area contributed by atoms with E-state index < -0.39 is 5.92 Å². The molecule has 0 unspecified atom stereocenters. The second-order valence-corrected chi connectivity index (χ2v) is 5.01. The summed E-state index contributed by atoms with van der Waals surface area (Å²) in [5.41, 5.74) is 0.112. The number of rotatable bonds is 1. The van der Waals surface area contributed by atoms with Crippen LogP contribution in [-0.2, 0) is 11.3 Å². The second-order valence-electron chi connectivity index (χ2n) is 5.01. The Morgan fingerprint density at radius 3 is 2.12 bits per heavy atom. The Balaban J connectivity index is 3.44. The van der Waals surface area contributed by atoms with E-state index in [-0.39, 0.29) is 16.7 Å². The van der Waals surface area contributed by atoms with Crippen LogP contribution in [0.2, 0.25) is 0 Å². The first-order valence-corrected chi connectivity index (χ1v) is 5.35. The van der Waals surface area contributed by atoms with Gasteiger partial charge in [0.1, 0.15) is 5.69 Å². The van der Waals surface area contributed by atoms with Crippen LogP contribution in [0.15, 0.2) is 6.07 Å². The molecule has 4 heteroatoms. The fourth-order valence-electron chi connectivity index (χ4n) is 1.30. The van der Waals surface area contributed by atoms with Crippen molar-refractivity contribution in [2.75, 3.05) is 0 Å². The zero-order valence-electron chi connectivity index (χ0n) is 10.7. The van der Waals surface area contributed by atoms with Gasteiger partial charge in [-0.15, -0.1) is 5.10 Å². The van der Waals surface area contributed by atoms with Crippen LogP contribution < -0.4 is 0 Å². The number of alkyl halides is 2. The van der Waals surface area contributed by atoms with Crippen LogP contribution >= 0.6 is 0 Å². The van der Waals surface area contributed by atoms with Gasteiger partial charge in [0, 0.05) is 12.3 Å². The molecule has 0 saturated carbocycles. The molecule has 0 saturated heterocycles. The molecule has 0 spiro atoms. The molecule has 0 bridgehead atoms. The lowest BCUT2D eigenvalue weighted by atomic mass is 9.90. The van der Waals surface area contributed by atoms with Gasteiger partial charge in [0.05, 0.1) is 11.3 Å². The Morgan fingerprint density at radius 1 is 1.12 bits per heavy atom. The molecule has 1 rings (SSSR count). The van der Waals surface area contributed by atoms with Crippen LogP contribution in [0.4, 0.5) is 8.78 Å². The summed E-state index contributed by atoms with van der Waals surface area (Å²) in [6.07, 6.45) is 0. The first-order chi connectivity index (χ1) is 7.66. The van der Waals surface area contributed by atoms with Crippen LogP contribution in [0.1, 0.15) is 51.6 Å². The van der Waals surface area contributed by atoms with Gasteiger partial charge in [-0.1, -0.05) is 26.7 Å². The SMILES string of the molecule is CC#Cc1nnc(C(C)(C)C)cc1C(C)(F)F. The van der Waals surface area contributed by atoms with Gasteiger partial charge < -0.3 is 0 Å². The van der Waals surface area contributed by atoms with Crippen LogP contribution in [0, 0.1) is 11.8 Å². The molecule has 0 aliphatic rings. The summed E-state index contributed by atoms with van der Waals surface area (Å²) in [6, 6.07) is 1.40. The minimum absolute atomic E-state index is 0.0491. The van der Waals surface area contributed by atoms with E-state index in [0.29, 0.717) is 5.69 Å². The summed E-state index contributed by atoms with van der Waals surface area (Å²) in [5, 5.41) is 7.75. The summed E-state index contributed by atoms with van der Waals surface area (Å²) in [4.78, 5) is 0. The van der Waals surface area contributed by atoms with Crippen molar-refractivity contribution in [1.82, 2.24) is 10.2 Å². The molecular weight excluding hydrogens is 222 g/mol. The lowest BCUT2D eigenvalue weighted by Gasteiger charge is -2.20. The van der Waals surface area contributed by atoms with E-state index >= 15 is 0 Å². The zero-order valence-corrected chi connectivity index (χ0v) is 10.7. The Hall–Kier alpha value is -1.50. The number of nitrogens with zero attached hydrogens (tertiary/aromatic N) is 2. The average molecular weight is 238 g/mol. The van der Waals surface area contributed by atoms with Gasteiger partial charge in [0.25, 0.3) is 5.92 Å². The highest BCUT2D eigenvalue weighted by Gasteiger charge is 2.30. The highest BCUT2D eigenvalue weighted by atomic mass is 19.3. The molecule has 2 nitrogen and oxygen atoms in total. The topological polar surface area (TPSA) is 25.8 Å². The van der Waals surface area contributed by atoms with Gasteiger partial charge in [0.15, 0.2) is 0 Å². The molecule has 0 atom stereocenters. The van der Waals surface area contributed by atoms with Crippen LogP contribution in [0.5, 0.6) is 0 Å². The number of aromatic nitrogens is 2. The number of hydrogen-bond acceptors (Lipinski definition) is 2. The first kappa shape index (κ1) is 13.6. The summed E-state index contributed by atoms with van der Waals surface area (Å²) in [6.45, 7) is 8.13. The lowest BCUT2D eigenvalue weighted by molar-refractivity contribution is 0.0165. The van der Waals surface area contributed by atoms with E-state index in [1.165, 1.54) is 6.07 Å². The highest BCUT2D eigenvalue weighted by molar-refractivity contribution is 5.38. The van der Waals surface area contributed by atoms with Crippen molar-refractivity contribution in [2.24, 2.45) is 0 Å². The van der Waals surface area contributed by atoms with Gasteiger partial charge >= 0.3 is 0 Å². The zero-order chi connectivity index (χ0) is 13.3. The Kier molecular flexibility index (Phi) is 3.51. The van der Waals surface area contributed by atoms with E-state index in [2.05, 4.69) is 22.0 Å². The van der Waals surface area contributed by atoms with Crippen molar-refractivity contribution in [3.05, 3.63) is 23.0 Å². The molecule has 1 aromatic heterocycles. The smallest absolute Gasteiger partial charge is 0.202 e. The number of hydrogen-bond donors (Lipinski definition) is 0. The van der Waals surface area contributed by atoms with E-state index in [1.807, 2.05) is 20.8 Å². The van der Waals surface area contributed by atoms with Crippen LogP contribution in [0.25, 0.3) is 0 Å². The molecule has 0 aromatic carbocycles. The van der Waals surface area contributed by atoms with Gasteiger partial charge in [-0.3, -0.25) is 0 Å². The highest BCUT2D eigenvalue weighted by Crippen LogP contribution is 2.31. The Labute approximate surface area is 100 Å². The maximum Gasteiger partial charge on any atom is 0.273 e. The standard InChI is InChI=1S/C13H16F2N2/c1-6-7-10-9(13(5,14)15)8-11(17-16-10)12(2,3)4/h8H,1-5H3. The third-order valence-corrected chi connectivity index (χ3v) is 2.28. The largest absolute Gasteiger partial charge is 0.273 e. The summed E-state index contributed by atoms with van der Waals surface area (Å²) in [7, 11) is 0. The van der Waals surface area contributed by atoms with Crippen molar-refractivity contribution in [2.45, 2.75) is 46.0 Å². The molecule has 0 N–H and O–H groups in total. The van der Waals surface area contributed by atoms with Crippen molar-refractivity contribution >= 4 is 0 Å². The van der Waals surface area contributed by atoms with Gasteiger partial charge in [-0.05, 0) is 18.9 Å². The van der Waals surface area contributed by atoms with E-state index in [0.717, 1.165) is 6.92 Å². The first-order valence-electron chi connectivity index (χ1n) is 5.35. The fraction of sp³-hybridized carbons (Fsp3) is 0.538. The molecule has 0 fully saturated rings. The monoisotopic (exact) mass is 238 g/mol. The van der Waals surface area contributed by atoms with Crippen LogP contribution in [0.3, 0.4) is 0 Å². The van der Waals surface area contributed by atoms with Crippen LogP contribution in [-0.4, -0.2) is 10.2 Å². The number of halogens is 2. The fourth-order valence-corrected chi connectivity index (χ4v) is 1.30. The third kappa shape index (κ3) is 3.23. The van der Waals surface area contributed by atoms with Gasteiger partial charge in [0.2, 0.25) is 0 Å². The van der Waals surface area contributed by atoms with E-state index in [4.69, 9.17) is 0 Å². The van der Waals surface area contributed by atoms with E-state index in [1.54, 1.807) is 6.92 Å². The second kappa shape index (κ2) is 4.40. The molecule has 0 amide bonds. The molecule has 0 aliphatic carbocycles. The molecule has 17 heavy (non-hydrogen) atoms. The predicted octanol–water partition coefficient (Wildman–Crippen LogP) is 3.26. The molecule has 92 valence electrons. The minimum Gasteiger partial charge on any atom is -0.202 e. The van der Waals surface area contributed by atoms with Crippen molar-refractivity contribution in [1.29, 1.82) is 0 Å². The molecular formula is C13H16F2N2. The quantitative estimate of drug-likeness (QED) is 0.702. The molecule has 1 heterocycles. The average Bonchev–Trinajstić information content (AvgIpc) is 2.15. The maximum atomic E-state index is 13.5. The molecule has 0 aliphatic heterocycles. The Bertz CT molecular complexity index is 471. The van der Waals surface area contributed by atoms with Crippen molar-refractivity contribution in [3.8, 4) is 11.8 Å². The van der Waals surface area contributed by atoms with Crippen molar-refractivity contribution < 1.29 is 8.78 Å². The normalized spacial score (nSPS) is 11.9. The predicted molar refractivity (Wildman–Crippen MR) is 62.9 cm³/mol.